The van der Waals surface area contributed by atoms with Crippen molar-refractivity contribution < 1.29 is 0 Å². The number of nitrogens with zero attached hydrogens (tertiary/aromatic N) is 2. The van der Waals surface area contributed by atoms with Crippen LogP contribution in [0.25, 0.3) is 17.3 Å². The molecule has 0 radical (unpaired) electrons. The van der Waals surface area contributed by atoms with E-state index >= 15 is 0 Å². The molecule has 2 nitrogen and oxygen atoms in total. The van der Waals surface area contributed by atoms with Crippen LogP contribution in [-0.4, -0.2) is 4.57 Å². The number of aromatic nitrogens is 1. The van der Waals surface area contributed by atoms with Crippen molar-refractivity contribution in [3.05, 3.63) is 85.2 Å². The number of hydrogen-bond donors (Lipinski definition) is 0. The van der Waals surface area contributed by atoms with E-state index in [-0.39, 0.29) is 0 Å². The molecule has 0 N–H and O–H groups in total. The minimum Gasteiger partial charge on any atom is -0.318 e. The summed E-state index contributed by atoms with van der Waals surface area (Å²) in [7, 11) is 0. The number of rotatable bonds is 3. The summed E-state index contributed by atoms with van der Waals surface area (Å²) in [6.07, 6.45) is 1.95. The van der Waals surface area contributed by atoms with E-state index in [1.807, 2.05) is 18.2 Å². The Bertz CT molecular complexity index is 1040. The number of allylic oxidation sites excluding steroid dienone is 1. The molecule has 3 aromatic rings. The largest absolute Gasteiger partial charge is 0.318 e. The van der Waals surface area contributed by atoms with E-state index in [9.17, 15) is 5.26 Å². The SMILES string of the molecule is Cc1cc(-n2c(C)cc(/C=C(/C#N)c3ccc(Cl)cc3)c2C)ccc1I. The smallest absolute Gasteiger partial charge is 0.0998 e. The van der Waals surface area contributed by atoms with Crippen LogP contribution < -0.4 is 0 Å². The van der Waals surface area contributed by atoms with E-state index in [0.717, 1.165) is 28.2 Å². The monoisotopic (exact) mass is 472 g/mol. The molecule has 0 saturated carbocycles. The Kier molecular flexibility index (Phi) is 5.55. The zero-order valence-corrected chi connectivity index (χ0v) is 17.8. The maximum Gasteiger partial charge on any atom is 0.0998 e. The van der Waals surface area contributed by atoms with Gasteiger partial charge in [-0.25, -0.2) is 0 Å². The van der Waals surface area contributed by atoms with Crippen LogP contribution in [0.1, 0.15) is 28.1 Å². The second kappa shape index (κ2) is 7.69. The molecule has 0 atom stereocenters. The predicted octanol–water partition coefficient (Wildman–Crippen LogP) is 6.72. The average molecular weight is 473 g/mol. The van der Waals surface area contributed by atoms with Crippen LogP contribution in [0.5, 0.6) is 0 Å². The van der Waals surface area contributed by atoms with Gasteiger partial charge in [0.15, 0.2) is 0 Å². The van der Waals surface area contributed by atoms with Gasteiger partial charge in [0.2, 0.25) is 0 Å². The zero-order chi connectivity index (χ0) is 18.8. The summed E-state index contributed by atoms with van der Waals surface area (Å²) < 4.78 is 3.48. The Morgan fingerprint density at radius 2 is 1.77 bits per heavy atom. The molecule has 3 rings (SSSR count). The topological polar surface area (TPSA) is 28.7 Å². The predicted molar refractivity (Wildman–Crippen MR) is 118 cm³/mol. The lowest BCUT2D eigenvalue weighted by Gasteiger charge is -2.11. The first kappa shape index (κ1) is 18.8. The van der Waals surface area contributed by atoms with E-state index in [1.54, 1.807) is 12.1 Å². The highest BCUT2D eigenvalue weighted by atomic mass is 127. The molecule has 0 aliphatic carbocycles. The van der Waals surface area contributed by atoms with Gasteiger partial charge in [0.1, 0.15) is 0 Å². The van der Waals surface area contributed by atoms with Crippen molar-refractivity contribution >= 4 is 45.8 Å². The number of benzene rings is 2. The maximum absolute atomic E-state index is 9.60. The molecular formula is C22H18ClIN2. The summed E-state index contributed by atoms with van der Waals surface area (Å²) in [5.41, 5.74) is 7.19. The van der Waals surface area contributed by atoms with Crippen LogP contribution in [0.3, 0.4) is 0 Å². The Balaban J connectivity index is 2.08. The van der Waals surface area contributed by atoms with Gasteiger partial charge in [-0.05, 0) is 103 Å². The fourth-order valence-electron chi connectivity index (χ4n) is 3.06. The average Bonchev–Trinajstić information content (AvgIpc) is 2.90. The number of aryl methyl sites for hydroxylation is 2. The van der Waals surface area contributed by atoms with E-state index in [4.69, 9.17) is 11.6 Å². The van der Waals surface area contributed by atoms with Gasteiger partial charge in [0.05, 0.1) is 11.6 Å². The molecule has 130 valence electrons. The highest BCUT2D eigenvalue weighted by molar-refractivity contribution is 14.1. The molecule has 0 aliphatic rings. The van der Waals surface area contributed by atoms with E-state index < -0.39 is 0 Å². The Morgan fingerprint density at radius 3 is 2.38 bits per heavy atom. The second-order valence-electron chi connectivity index (χ2n) is 6.27. The third-order valence-corrected chi connectivity index (χ3v) is 5.91. The first-order chi connectivity index (χ1) is 12.4. The quantitative estimate of drug-likeness (QED) is 0.307. The highest BCUT2D eigenvalue weighted by Crippen LogP contribution is 2.27. The van der Waals surface area contributed by atoms with Gasteiger partial charge < -0.3 is 4.57 Å². The van der Waals surface area contributed by atoms with Gasteiger partial charge in [0, 0.05) is 25.7 Å². The summed E-state index contributed by atoms with van der Waals surface area (Å²) >= 11 is 8.30. The van der Waals surface area contributed by atoms with Crippen molar-refractivity contribution in [2.75, 3.05) is 0 Å². The molecule has 0 fully saturated rings. The van der Waals surface area contributed by atoms with E-state index in [2.05, 4.69) is 78.3 Å². The fraction of sp³-hybridized carbons (Fsp3) is 0.136. The van der Waals surface area contributed by atoms with Crippen molar-refractivity contribution in [1.82, 2.24) is 4.57 Å². The first-order valence-electron chi connectivity index (χ1n) is 8.24. The molecule has 1 aromatic heterocycles. The molecule has 0 aliphatic heterocycles. The Hall–Kier alpha value is -2.03. The van der Waals surface area contributed by atoms with Crippen molar-refractivity contribution in [1.29, 1.82) is 5.26 Å². The van der Waals surface area contributed by atoms with Crippen LogP contribution >= 0.6 is 34.2 Å². The molecule has 0 spiro atoms. The van der Waals surface area contributed by atoms with Gasteiger partial charge >= 0.3 is 0 Å². The molecule has 0 amide bonds. The molecular weight excluding hydrogens is 455 g/mol. The minimum absolute atomic E-state index is 0.626. The maximum atomic E-state index is 9.60. The molecule has 0 bridgehead atoms. The van der Waals surface area contributed by atoms with Crippen molar-refractivity contribution in [3.63, 3.8) is 0 Å². The van der Waals surface area contributed by atoms with Crippen LogP contribution in [0.4, 0.5) is 0 Å². The highest BCUT2D eigenvalue weighted by Gasteiger charge is 2.11. The van der Waals surface area contributed by atoms with Gasteiger partial charge in [-0.2, -0.15) is 5.26 Å². The Morgan fingerprint density at radius 1 is 1.08 bits per heavy atom. The second-order valence-corrected chi connectivity index (χ2v) is 7.87. The van der Waals surface area contributed by atoms with Crippen molar-refractivity contribution in [2.24, 2.45) is 0 Å². The fourth-order valence-corrected chi connectivity index (χ4v) is 3.53. The number of halogens is 2. The van der Waals surface area contributed by atoms with Crippen molar-refractivity contribution in [2.45, 2.75) is 20.8 Å². The van der Waals surface area contributed by atoms with Gasteiger partial charge in [-0.1, -0.05) is 23.7 Å². The summed E-state index contributed by atoms with van der Waals surface area (Å²) in [6, 6.07) is 18.2. The molecule has 0 unspecified atom stereocenters. The lowest BCUT2D eigenvalue weighted by molar-refractivity contribution is 0.961. The van der Waals surface area contributed by atoms with Crippen LogP contribution in [0.2, 0.25) is 5.02 Å². The van der Waals surface area contributed by atoms with Gasteiger partial charge in [0.25, 0.3) is 0 Å². The lowest BCUT2D eigenvalue weighted by atomic mass is 10.0. The first-order valence-corrected chi connectivity index (χ1v) is 9.69. The number of nitriles is 1. The van der Waals surface area contributed by atoms with Crippen LogP contribution in [0, 0.1) is 35.7 Å². The third kappa shape index (κ3) is 3.72. The summed E-state index contributed by atoms with van der Waals surface area (Å²) in [4.78, 5) is 0. The third-order valence-electron chi connectivity index (χ3n) is 4.45. The van der Waals surface area contributed by atoms with E-state index in [1.165, 1.54) is 9.13 Å². The zero-order valence-electron chi connectivity index (χ0n) is 14.8. The van der Waals surface area contributed by atoms with Gasteiger partial charge in [-0.15, -0.1) is 0 Å². The van der Waals surface area contributed by atoms with Crippen LogP contribution in [0.15, 0.2) is 48.5 Å². The summed E-state index contributed by atoms with van der Waals surface area (Å²) in [5.74, 6) is 0. The standard InChI is InChI=1S/C22H18ClIN2/c1-14-10-21(8-9-22(14)24)26-15(2)11-18(16(26)3)12-19(13-25)17-4-6-20(23)7-5-17/h4-12H,1-3H3/b19-12-. The number of hydrogen-bond acceptors (Lipinski definition) is 1. The van der Waals surface area contributed by atoms with Crippen LogP contribution in [-0.2, 0) is 0 Å². The molecule has 4 heteroatoms. The molecule has 26 heavy (non-hydrogen) atoms. The summed E-state index contributed by atoms with van der Waals surface area (Å²) in [6.45, 7) is 6.30. The molecule has 1 heterocycles. The normalized spacial score (nSPS) is 11.5. The van der Waals surface area contributed by atoms with Crippen molar-refractivity contribution in [3.8, 4) is 11.8 Å². The minimum atomic E-state index is 0.626. The molecule has 0 saturated heterocycles. The van der Waals surface area contributed by atoms with Gasteiger partial charge in [-0.3, -0.25) is 0 Å². The molecule has 2 aromatic carbocycles. The van der Waals surface area contributed by atoms with E-state index in [0.29, 0.717) is 10.6 Å². The summed E-state index contributed by atoms with van der Waals surface area (Å²) in [5, 5.41) is 10.3. The lowest BCUT2D eigenvalue weighted by Crippen LogP contribution is -2.00. The Labute approximate surface area is 172 Å².